The van der Waals surface area contributed by atoms with Crippen LogP contribution in [0.5, 0.6) is 5.75 Å². The first kappa shape index (κ1) is 20.0. The molecule has 2 N–H and O–H groups in total. The van der Waals surface area contributed by atoms with Gasteiger partial charge in [-0.25, -0.2) is 9.97 Å². The maximum Gasteiger partial charge on any atom is 0.245 e. The molecule has 3 aromatic rings. The molecule has 0 aliphatic carbocycles. The van der Waals surface area contributed by atoms with Crippen molar-refractivity contribution in [3.05, 3.63) is 43.1 Å². The third-order valence-corrected chi connectivity index (χ3v) is 4.65. The summed E-state index contributed by atoms with van der Waals surface area (Å²) in [7, 11) is 0. The molecular formula is C19H24ClN7O. The van der Waals surface area contributed by atoms with Crippen LogP contribution in [0.25, 0.3) is 16.9 Å². The summed E-state index contributed by atoms with van der Waals surface area (Å²) in [5.74, 6) is 0.758. The Balaban J connectivity index is 0.00000225. The summed E-state index contributed by atoms with van der Waals surface area (Å²) in [5, 5.41) is 22.5. The Bertz CT molecular complexity index is 899. The van der Waals surface area contributed by atoms with E-state index in [0.29, 0.717) is 29.3 Å². The van der Waals surface area contributed by atoms with Gasteiger partial charge in [0.2, 0.25) is 5.95 Å². The first-order valence-electron chi connectivity index (χ1n) is 9.12. The number of aromatic nitrogens is 5. The van der Waals surface area contributed by atoms with Gasteiger partial charge in [0.1, 0.15) is 11.4 Å². The van der Waals surface area contributed by atoms with E-state index < -0.39 is 0 Å². The Hall–Kier alpha value is -2.71. The van der Waals surface area contributed by atoms with Gasteiger partial charge >= 0.3 is 0 Å². The molecule has 0 spiro atoms. The van der Waals surface area contributed by atoms with E-state index in [1.807, 2.05) is 22.9 Å². The molecule has 1 atom stereocenters. The number of hydrogen-bond acceptors (Lipinski definition) is 7. The van der Waals surface area contributed by atoms with Crippen molar-refractivity contribution < 1.29 is 5.11 Å². The molecule has 0 amide bonds. The van der Waals surface area contributed by atoms with Crippen molar-refractivity contribution in [1.82, 2.24) is 30.0 Å². The summed E-state index contributed by atoms with van der Waals surface area (Å²) in [4.78, 5) is 10.6. The highest BCUT2D eigenvalue weighted by Gasteiger charge is 2.25. The van der Waals surface area contributed by atoms with E-state index in [1.54, 1.807) is 24.8 Å². The molecule has 1 saturated heterocycles. The van der Waals surface area contributed by atoms with E-state index in [0.717, 1.165) is 25.2 Å². The van der Waals surface area contributed by atoms with Gasteiger partial charge in [0, 0.05) is 49.2 Å². The zero-order valence-electron chi connectivity index (χ0n) is 15.9. The Morgan fingerprint density at radius 2 is 2.11 bits per heavy atom. The summed E-state index contributed by atoms with van der Waals surface area (Å²) in [5.41, 5.74) is 1.97. The lowest BCUT2D eigenvalue weighted by Crippen LogP contribution is -2.37. The third kappa shape index (κ3) is 4.23. The van der Waals surface area contributed by atoms with Gasteiger partial charge in [-0.1, -0.05) is 13.8 Å². The summed E-state index contributed by atoms with van der Waals surface area (Å²) >= 11 is 0. The fourth-order valence-corrected chi connectivity index (χ4v) is 3.40. The molecule has 1 aliphatic heterocycles. The molecule has 4 rings (SSSR count). The van der Waals surface area contributed by atoms with Crippen molar-refractivity contribution >= 4 is 18.4 Å². The van der Waals surface area contributed by atoms with Crippen molar-refractivity contribution in [2.24, 2.45) is 0 Å². The predicted octanol–water partition coefficient (Wildman–Crippen LogP) is 2.43. The number of phenolic OH excluding ortho intramolecular Hbond substituents is 1. The first-order chi connectivity index (χ1) is 13.1. The van der Waals surface area contributed by atoms with Gasteiger partial charge in [0.25, 0.3) is 0 Å². The van der Waals surface area contributed by atoms with Gasteiger partial charge in [-0.3, -0.25) is 0 Å². The van der Waals surface area contributed by atoms with Crippen LogP contribution in [0.4, 0.5) is 5.95 Å². The maximum absolute atomic E-state index is 10.4. The van der Waals surface area contributed by atoms with Gasteiger partial charge in [-0.15, -0.1) is 22.6 Å². The molecule has 148 valence electrons. The molecule has 9 heteroatoms. The van der Waals surface area contributed by atoms with Crippen LogP contribution in [-0.4, -0.2) is 55.0 Å². The van der Waals surface area contributed by atoms with Crippen molar-refractivity contribution in [1.29, 1.82) is 0 Å². The molecule has 3 heterocycles. The Labute approximate surface area is 170 Å². The number of aromatic hydroxyl groups is 1. The van der Waals surface area contributed by atoms with Crippen LogP contribution in [0.15, 0.2) is 43.1 Å². The van der Waals surface area contributed by atoms with Gasteiger partial charge in [-0.05, 0) is 18.6 Å². The van der Waals surface area contributed by atoms with Crippen LogP contribution < -0.4 is 10.2 Å². The number of anilines is 1. The molecule has 0 radical (unpaired) electrons. The lowest BCUT2D eigenvalue weighted by atomic mass is 10.1. The molecule has 1 fully saturated rings. The smallest absolute Gasteiger partial charge is 0.245 e. The fourth-order valence-electron chi connectivity index (χ4n) is 3.40. The SMILES string of the molecule is CC(C)NC1CCN(c2ncc(-c3ccc(-n4ccnc4)cc3O)nn2)C1.Cl. The summed E-state index contributed by atoms with van der Waals surface area (Å²) < 4.78 is 1.82. The second-order valence-electron chi connectivity index (χ2n) is 7.07. The Morgan fingerprint density at radius 1 is 1.25 bits per heavy atom. The van der Waals surface area contributed by atoms with Crippen molar-refractivity contribution in [2.75, 3.05) is 18.0 Å². The molecule has 2 aromatic heterocycles. The van der Waals surface area contributed by atoms with Gasteiger partial charge < -0.3 is 19.9 Å². The number of nitrogens with zero attached hydrogens (tertiary/aromatic N) is 6. The van der Waals surface area contributed by atoms with Crippen LogP contribution in [0.3, 0.4) is 0 Å². The lowest BCUT2D eigenvalue weighted by molar-refractivity contribution is 0.476. The number of imidazole rings is 1. The van der Waals surface area contributed by atoms with Crippen LogP contribution in [0.1, 0.15) is 20.3 Å². The minimum absolute atomic E-state index is 0. The zero-order valence-corrected chi connectivity index (χ0v) is 16.7. The van der Waals surface area contributed by atoms with Crippen LogP contribution in [0, 0.1) is 0 Å². The highest BCUT2D eigenvalue weighted by atomic mass is 35.5. The molecule has 1 aromatic carbocycles. The molecule has 0 saturated carbocycles. The monoisotopic (exact) mass is 401 g/mol. The summed E-state index contributed by atoms with van der Waals surface area (Å²) in [6.07, 6.45) is 7.93. The predicted molar refractivity (Wildman–Crippen MR) is 110 cm³/mol. The minimum Gasteiger partial charge on any atom is -0.507 e. The van der Waals surface area contributed by atoms with E-state index in [-0.39, 0.29) is 18.2 Å². The number of nitrogens with one attached hydrogen (secondary N) is 1. The van der Waals surface area contributed by atoms with Crippen LogP contribution >= 0.6 is 12.4 Å². The topological polar surface area (TPSA) is 92.0 Å². The van der Waals surface area contributed by atoms with Gasteiger partial charge in [0.15, 0.2) is 0 Å². The fraction of sp³-hybridized carbons (Fsp3) is 0.368. The normalized spacial score (nSPS) is 16.4. The number of rotatable bonds is 5. The van der Waals surface area contributed by atoms with Crippen molar-refractivity contribution in [3.8, 4) is 22.7 Å². The van der Waals surface area contributed by atoms with Gasteiger partial charge in [0.05, 0.1) is 18.2 Å². The quantitative estimate of drug-likeness (QED) is 0.678. The van der Waals surface area contributed by atoms with Gasteiger partial charge in [-0.2, -0.15) is 0 Å². The molecule has 1 aliphatic rings. The number of benzene rings is 1. The van der Waals surface area contributed by atoms with Crippen molar-refractivity contribution in [3.63, 3.8) is 0 Å². The minimum atomic E-state index is 0. The second kappa shape index (κ2) is 8.53. The largest absolute Gasteiger partial charge is 0.507 e. The average molecular weight is 402 g/mol. The molecule has 1 unspecified atom stereocenters. The maximum atomic E-state index is 10.4. The zero-order chi connectivity index (χ0) is 18.8. The third-order valence-electron chi connectivity index (χ3n) is 4.65. The average Bonchev–Trinajstić information content (AvgIpc) is 3.33. The molecule has 28 heavy (non-hydrogen) atoms. The van der Waals surface area contributed by atoms with E-state index in [1.165, 1.54) is 0 Å². The molecule has 8 nitrogen and oxygen atoms in total. The van der Waals surface area contributed by atoms with Crippen molar-refractivity contribution in [2.45, 2.75) is 32.4 Å². The summed E-state index contributed by atoms with van der Waals surface area (Å²) in [6, 6.07) is 6.30. The number of phenols is 1. The first-order valence-corrected chi connectivity index (χ1v) is 9.12. The Morgan fingerprint density at radius 3 is 2.75 bits per heavy atom. The molecule has 0 bridgehead atoms. The van der Waals surface area contributed by atoms with E-state index in [4.69, 9.17) is 0 Å². The highest BCUT2D eigenvalue weighted by Crippen LogP contribution is 2.29. The number of halogens is 1. The second-order valence-corrected chi connectivity index (χ2v) is 7.07. The number of hydrogen-bond donors (Lipinski definition) is 2. The van der Waals surface area contributed by atoms with Crippen LogP contribution in [0.2, 0.25) is 0 Å². The highest BCUT2D eigenvalue weighted by molar-refractivity contribution is 5.85. The summed E-state index contributed by atoms with van der Waals surface area (Å²) in [6.45, 7) is 6.10. The van der Waals surface area contributed by atoms with E-state index in [9.17, 15) is 5.11 Å². The standard InChI is InChI=1S/C19H23N7O.ClH/c1-13(2)22-14-5-7-25(11-14)19-21-10-17(23-24-19)16-4-3-15(9-18(16)27)26-8-6-20-12-26;/h3-4,6,8-10,12-14,22,27H,5,7,11H2,1-2H3;1H. The van der Waals surface area contributed by atoms with E-state index >= 15 is 0 Å². The van der Waals surface area contributed by atoms with E-state index in [2.05, 4.69) is 44.2 Å². The molecular weight excluding hydrogens is 378 g/mol. The van der Waals surface area contributed by atoms with Crippen LogP contribution in [-0.2, 0) is 0 Å². The lowest BCUT2D eigenvalue weighted by Gasteiger charge is -2.18. The Kier molecular flexibility index (Phi) is 6.11.